The molecule has 0 aromatic heterocycles. The number of benzene rings is 2. The van der Waals surface area contributed by atoms with Crippen LogP contribution in [-0.4, -0.2) is 18.3 Å². The van der Waals surface area contributed by atoms with Gasteiger partial charge in [-0.2, -0.15) is 0 Å². The summed E-state index contributed by atoms with van der Waals surface area (Å²) in [7, 11) is 1.54. The van der Waals surface area contributed by atoms with E-state index >= 15 is 0 Å². The van der Waals surface area contributed by atoms with E-state index in [9.17, 15) is 9.59 Å². The van der Waals surface area contributed by atoms with Crippen molar-refractivity contribution in [2.24, 2.45) is 0 Å². The smallest absolute Gasteiger partial charge is 0.290 e. The minimum atomic E-state index is -0.411. The number of amides is 2. The Hall–Kier alpha value is -1.77. The number of imide groups is 1. The maximum Gasteiger partial charge on any atom is 0.290 e. The SMILES string of the molecule is COc1cc(/C=C2\SC(=O)NC2=O)c(Br)c(Br)c1OCc1ccccc1. The zero-order chi connectivity index (χ0) is 18.7. The Morgan fingerprint density at radius 2 is 1.88 bits per heavy atom. The molecule has 0 unspecified atom stereocenters. The van der Waals surface area contributed by atoms with E-state index in [0.717, 1.165) is 17.3 Å². The summed E-state index contributed by atoms with van der Waals surface area (Å²) >= 11 is 7.89. The normalized spacial score (nSPS) is 15.3. The fourth-order valence-electron chi connectivity index (χ4n) is 2.29. The van der Waals surface area contributed by atoms with Gasteiger partial charge in [0.25, 0.3) is 11.1 Å². The Balaban J connectivity index is 1.93. The number of hydrogen-bond donors (Lipinski definition) is 1. The highest BCUT2D eigenvalue weighted by atomic mass is 79.9. The van der Waals surface area contributed by atoms with Gasteiger partial charge in [0.05, 0.1) is 16.5 Å². The van der Waals surface area contributed by atoms with Crippen molar-refractivity contribution in [1.82, 2.24) is 5.32 Å². The third kappa shape index (κ3) is 4.13. The molecule has 0 spiro atoms. The fraction of sp³-hybridized carbons (Fsp3) is 0.111. The van der Waals surface area contributed by atoms with Crippen LogP contribution in [-0.2, 0) is 11.4 Å². The van der Waals surface area contributed by atoms with Gasteiger partial charge in [-0.15, -0.1) is 0 Å². The van der Waals surface area contributed by atoms with Gasteiger partial charge in [-0.05, 0) is 66.9 Å². The monoisotopic (exact) mass is 497 g/mol. The average Bonchev–Trinajstić information content (AvgIpc) is 2.96. The minimum absolute atomic E-state index is 0.322. The Morgan fingerprint density at radius 1 is 1.15 bits per heavy atom. The summed E-state index contributed by atoms with van der Waals surface area (Å²) in [5.74, 6) is 0.647. The Bertz CT molecular complexity index is 900. The highest BCUT2D eigenvalue weighted by Crippen LogP contribution is 2.44. The lowest BCUT2D eigenvalue weighted by atomic mass is 10.1. The molecule has 1 fully saturated rings. The van der Waals surface area contributed by atoms with Crippen molar-refractivity contribution in [3.63, 3.8) is 0 Å². The fourth-order valence-corrected chi connectivity index (χ4v) is 3.91. The number of carbonyl (C=O) groups is 2. The van der Waals surface area contributed by atoms with Crippen molar-refractivity contribution >= 4 is 60.8 Å². The molecule has 26 heavy (non-hydrogen) atoms. The average molecular weight is 499 g/mol. The maximum atomic E-state index is 11.8. The summed E-state index contributed by atoms with van der Waals surface area (Å²) in [6, 6.07) is 11.5. The topological polar surface area (TPSA) is 64.6 Å². The lowest BCUT2D eigenvalue weighted by Gasteiger charge is -2.15. The number of rotatable bonds is 5. The van der Waals surface area contributed by atoms with Crippen molar-refractivity contribution in [1.29, 1.82) is 0 Å². The number of hydrogen-bond acceptors (Lipinski definition) is 5. The third-order valence-electron chi connectivity index (χ3n) is 3.53. The molecule has 0 saturated carbocycles. The summed E-state index contributed by atoms with van der Waals surface area (Å²) in [5, 5.41) is 1.85. The standard InChI is InChI=1S/C18H13Br2NO4S/c1-24-12-7-11(8-13-17(22)21-18(23)26-13)14(19)15(20)16(12)25-9-10-5-3-2-4-6-10/h2-8H,9H2,1H3,(H,21,22,23)/b13-8-. The molecular weight excluding hydrogens is 486 g/mol. The number of carbonyl (C=O) groups excluding carboxylic acids is 2. The van der Waals surface area contributed by atoms with Crippen molar-refractivity contribution in [3.05, 3.63) is 61.4 Å². The van der Waals surface area contributed by atoms with Crippen LogP contribution in [0.3, 0.4) is 0 Å². The molecule has 1 saturated heterocycles. The van der Waals surface area contributed by atoms with Crippen LogP contribution in [0.5, 0.6) is 11.5 Å². The van der Waals surface area contributed by atoms with E-state index in [1.807, 2.05) is 30.3 Å². The van der Waals surface area contributed by atoms with Crippen LogP contribution in [0.2, 0.25) is 0 Å². The lowest BCUT2D eigenvalue weighted by Crippen LogP contribution is -2.17. The molecule has 1 N–H and O–H groups in total. The molecule has 2 aromatic carbocycles. The van der Waals surface area contributed by atoms with E-state index in [1.54, 1.807) is 19.3 Å². The number of nitrogens with one attached hydrogen (secondary N) is 1. The molecule has 134 valence electrons. The van der Waals surface area contributed by atoms with Crippen LogP contribution in [0, 0.1) is 0 Å². The van der Waals surface area contributed by atoms with E-state index in [2.05, 4.69) is 37.2 Å². The van der Waals surface area contributed by atoms with Crippen LogP contribution in [0.1, 0.15) is 11.1 Å². The van der Waals surface area contributed by atoms with E-state index < -0.39 is 5.91 Å². The quantitative estimate of drug-likeness (QED) is 0.579. The largest absolute Gasteiger partial charge is 0.493 e. The molecule has 1 heterocycles. The lowest BCUT2D eigenvalue weighted by molar-refractivity contribution is -0.115. The minimum Gasteiger partial charge on any atom is -0.493 e. The molecule has 8 heteroatoms. The molecule has 0 atom stereocenters. The Labute approximate surface area is 171 Å². The molecule has 2 aromatic rings. The van der Waals surface area contributed by atoms with Gasteiger partial charge in [0.15, 0.2) is 11.5 Å². The van der Waals surface area contributed by atoms with Crippen molar-refractivity contribution in [3.8, 4) is 11.5 Å². The second-order valence-electron chi connectivity index (χ2n) is 5.25. The van der Waals surface area contributed by atoms with Gasteiger partial charge < -0.3 is 9.47 Å². The van der Waals surface area contributed by atoms with Gasteiger partial charge in [-0.25, -0.2) is 0 Å². The van der Waals surface area contributed by atoms with Gasteiger partial charge >= 0.3 is 0 Å². The van der Waals surface area contributed by atoms with E-state index in [4.69, 9.17) is 9.47 Å². The van der Waals surface area contributed by atoms with Crippen LogP contribution in [0.15, 0.2) is 50.2 Å². The van der Waals surface area contributed by atoms with Crippen LogP contribution in [0.25, 0.3) is 6.08 Å². The van der Waals surface area contributed by atoms with Crippen LogP contribution in [0.4, 0.5) is 4.79 Å². The van der Waals surface area contributed by atoms with E-state index in [-0.39, 0.29) is 5.24 Å². The first-order valence-corrected chi connectivity index (χ1v) is 9.87. The molecule has 0 aliphatic carbocycles. The Morgan fingerprint density at radius 3 is 2.50 bits per heavy atom. The van der Waals surface area contributed by atoms with Crippen molar-refractivity contribution < 1.29 is 19.1 Å². The number of halogens is 2. The summed E-state index contributed by atoms with van der Waals surface area (Å²) in [6.45, 7) is 0.384. The zero-order valence-corrected chi connectivity index (χ0v) is 17.5. The van der Waals surface area contributed by atoms with Gasteiger partial charge in [-0.3, -0.25) is 14.9 Å². The molecule has 2 amide bonds. The maximum absolute atomic E-state index is 11.8. The second kappa shape index (κ2) is 8.28. The van der Waals surface area contributed by atoms with E-state index in [0.29, 0.717) is 37.5 Å². The first kappa shape index (κ1) is 19.0. The molecule has 3 rings (SSSR count). The van der Waals surface area contributed by atoms with Gasteiger partial charge in [0, 0.05) is 4.47 Å². The van der Waals surface area contributed by atoms with Gasteiger partial charge in [0.2, 0.25) is 0 Å². The van der Waals surface area contributed by atoms with Crippen LogP contribution >= 0.6 is 43.6 Å². The first-order chi connectivity index (χ1) is 12.5. The predicted molar refractivity (Wildman–Crippen MR) is 108 cm³/mol. The Kier molecular flexibility index (Phi) is 6.05. The highest BCUT2D eigenvalue weighted by molar-refractivity contribution is 9.13. The number of thioether (sulfide) groups is 1. The first-order valence-electron chi connectivity index (χ1n) is 7.47. The molecule has 0 bridgehead atoms. The van der Waals surface area contributed by atoms with Crippen molar-refractivity contribution in [2.45, 2.75) is 6.61 Å². The van der Waals surface area contributed by atoms with Gasteiger partial charge in [-0.1, -0.05) is 30.3 Å². The molecule has 1 aliphatic rings. The van der Waals surface area contributed by atoms with Gasteiger partial charge in [0.1, 0.15) is 6.61 Å². The second-order valence-corrected chi connectivity index (χ2v) is 7.85. The highest BCUT2D eigenvalue weighted by Gasteiger charge is 2.26. The number of methoxy groups -OCH3 is 1. The van der Waals surface area contributed by atoms with Crippen LogP contribution < -0.4 is 14.8 Å². The summed E-state index contributed by atoms with van der Waals surface area (Å²) in [4.78, 5) is 23.4. The summed E-state index contributed by atoms with van der Waals surface area (Å²) in [5.41, 5.74) is 1.72. The third-order valence-corrected chi connectivity index (χ3v) is 6.48. The molecule has 1 aliphatic heterocycles. The zero-order valence-electron chi connectivity index (χ0n) is 13.5. The van der Waals surface area contributed by atoms with Crippen molar-refractivity contribution in [2.75, 3.05) is 7.11 Å². The van der Waals surface area contributed by atoms with E-state index in [1.165, 1.54) is 0 Å². The number of ether oxygens (including phenoxy) is 2. The summed E-state index contributed by atoms with van der Waals surface area (Å²) < 4.78 is 12.7. The molecule has 0 radical (unpaired) electrons. The predicted octanol–water partition coefficient (Wildman–Crippen LogP) is 5.12. The molecule has 5 nitrogen and oxygen atoms in total. The summed E-state index contributed by atoms with van der Waals surface area (Å²) in [6.07, 6.45) is 1.63. The molecular formula is C18H13Br2NO4S.